The van der Waals surface area contributed by atoms with Gasteiger partial charge in [-0.1, -0.05) is 0 Å². The summed E-state index contributed by atoms with van der Waals surface area (Å²) < 4.78 is 19.1. The van der Waals surface area contributed by atoms with Gasteiger partial charge in [-0.15, -0.1) is 0 Å². The van der Waals surface area contributed by atoms with E-state index in [-0.39, 0.29) is 28.7 Å². The molecule has 1 aliphatic heterocycles. The molecule has 6 nitrogen and oxygen atoms in total. The Hall–Kier alpha value is -2.70. The van der Waals surface area contributed by atoms with Crippen LogP contribution in [0.1, 0.15) is 34.5 Å². The van der Waals surface area contributed by atoms with Gasteiger partial charge in [0.2, 0.25) is 0 Å². The molecule has 0 fully saturated rings. The molecule has 1 atom stereocenters. The molecule has 0 aliphatic carbocycles. The van der Waals surface area contributed by atoms with E-state index in [0.29, 0.717) is 11.1 Å². The number of carbonyl (C=O) groups excluding carboxylic acids is 1. The zero-order chi connectivity index (χ0) is 16.2. The summed E-state index contributed by atoms with van der Waals surface area (Å²) in [6.45, 7) is 3.50. The van der Waals surface area contributed by atoms with E-state index in [1.165, 1.54) is 13.2 Å². The van der Waals surface area contributed by atoms with Gasteiger partial charge in [0.25, 0.3) is 16.8 Å². The van der Waals surface area contributed by atoms with Crippen LogP contribution in [0.5, 0.6) is 5.75 Å². The van der Waals surface area contributed by atoms with Crippen molar-refractivity contribution in [1.82, 2.24) is 5.32 Å². The van der Waals surface area contributed by atoms with Gasteiger partial charge >= 0.3 is 0 Å². The van der Waals surface area contributed by atoms with Gasteiger partial charge in [-0.05, 0) is 31.0 Å². The molecule has 0 aromatic heterocycles. The molecule has 0 saturated carbocycles. The van der Waals surface area contributed by atoms with Gasteiger partial charge in [-0.2, -0.15) is 0 Å². The van der Waals surface area contributed by atoms with E-state index >= 15 is 0 Å². The Morgan fingerprint density at radius 3 is 2.55 bits per heavy atom. The highest BCUT2D eigenvalue weighted by atomic mass is 19.1. The SMILES string of the molecule is COc1c(Nc2c(F)cc(C)c3c2C(=O)NC3C)c(=O)c1=O. The average molecular weight is 304 g/mol. The molecule has 2 aromatic rings. The van der Waals surface area contributed by atoms with Crippen LogP contribution < -0.4 is 26.2 Å². The van der Waals surface area contributed by atoms with Crippen LogP contribution in [0.25, 0.3) is 0 Å². The van der Waals surface area contributed by atoms with Gasteiger partial charge in [0.15, 0.2) is 5.75 Å². The first kappa shape index (κ1) is 14.2. The lowest BCUT2D eigenvalue weighted by molar-refractivity contribution is 0.0959. The summed E-state index contributed by atoms with van der Waals surface area (Å²) in [5.41, 5.74) is -0.353. The summed E-state index contributed by atoms with van der Waals surface area (Å²) in [5.74, 6) is -1.26. The molecule has 1 amide bonds. The number of fused-ring (bicyclic) bond motifs is 1. The fourth-order valence-electron chi connectivity index (χ4n) is 2.85. The number of carbonyl (C=O) groups is 1. The van der Waals surface area contributed by atoms with E-state index in [4.69, 9.17) is 4.74 Å². The summed E-state index contributed by atoms with van der Waals surface area (Å²) in [7, 11) is 1.24. The molecule has 1 heterocycles. The van der Waals surface area contributed by atoms with E-state index in [1.54, 1.807) is 13.8 Å². The Balaban J connectivity index is 2.17. The Bertz CT molecular complexity index is 881. The number of hydrogen-bond acceptors (Lipinski definition) is 5. The van der Waals surface area contributed by atoms with Gasteiger partial charge in [0.1, 0.15) is 11.5 Å². The number of methoxy groups -OCH3 is 1. The molecule has 1 unspecified atom stereocenters. The number of aryl methyl sites for hydroxylation is 1. The lowest BCUT2D eigenvalue weighted by Gasteiger charge is -2.16. The Morgan fingerprint density at radius 2 is 1.91 bits per heavy atom. The van der Waals surface area contributed by atoms with Crippen molar-refractivity contribution in [3.63, 3.8) is 0 Å². The van der Waals surface area contributed by atoms with Crippen LogP contribution >= 0.6 is 0 Å². The zero-order valence-corrected chi connectivity index (χ0v) is 12.2. The van der Waals surface area contributed by atoms with Crippen molar-refractivity contribution in [3.8, 4) is 5.75 Å². The molecule has 114 valence electrons. The maximum atomic E-state index is 14.3. The van der Waals surface area contributed by atoms with Crippen LogP contribution in [0.3, 0.4) is 0 Å². The topological polar surface area (TPSA) is 84.5 Å². The first-order valence-electron chi connectivity index (χ1n) is 6.65. The van der Waals surface area contributed by atoms with Crippen molar-refractivity contribution in [1.29, 1.82) is 0 Å². The lowest BCUT2D eigenvalue weighted by atomic mass is 9.97. The third-order valence-corrected chi connectivity index (χ3v) is 3.85. The fraction of sp³-hybridized carbons (Fsp3) is 0.267. The predicted molar refractivity (Wildman–Crippen MR) is 78.2 cm³/mol. The molecule has 2 N–H and O–H groups in total. The first-order valence-corrected chi connectivity index (χ1v) is 6.65. The second-order valence-corrected chi connectivity index (χ2v) is 5.23. The molecule has 22 heavy (non-hydrogen) atoms. The predicted octanol–water partition coefficient (Wildman–Crippen LogP) is 1.29. The number of rotatable bonds is 3. The molecule has 0 bridgehead atoms. The van der Waals surface area contributed by atoms with Crippen molar-refractivity contribution in [2.75, 3.05) is 12.4 Å². The summed E-state index contributed by atoms with van der Waals surface area (Å²) in [6, 6.07) is 1.04. The van der Waals surface area contributed by atoms with E-state index < -0.39 is 22.6 Å². The van der Waals surface area contributed by atoms with Gasteiger partial charge in [-0.25, -0.2) is 4.39 Å². The normalized spacial score (nSPS) is 16.5. The third kappa shape index (κ3) is 1.75. The van der Waals surface area contributed by atoms with E-state index in [1.807, 2.05) is 0 Å². The van der Waals surface area contributed by atoms with Crippen LogP contribution in [0.15, 0.2) is 15.7 Å². The van der Waals surface area contributed by atoms with Gasteiger partial charge in [0.05, 0.1) is 24.4 Å². The monoisotopic (exact) mass is 304 g/mol. The Labute approximate surface area is 124 Å². The maximum Gasteiger partial charge on any atom is 0.272 e. The summed E-state index contributed by atoms with van der Waals surface area (Å²) in [5, 5.41) is 5.26. The van der Waals surface area contributed by atoms with Crippen molar-refractivity contribution < 1.29 is 13.9 Å². The van der Waals surface area contributed by atoms with Crippen molar-refractivity contribution >= 4 is 17.3 Å². The number of halogens is 1. The molecule has 3 rings (SSSR count). The van der Waals surface area contributed by atoms with E-state index in [9.17, 15) is 18.8 Å². The highest BCUT2D eigenvalue weighted by molar-refractivity contribution is 6.05. The number of amides is 1. The van der Waals surface area contributed by atoms with Crippen molar-refractivity contribution in [2.45, 2.75) is 19.9 Å². The number of ether oxygens (including phenoxy) is 1. The van der Waals surface area contributed by atoms with Crippen molar-refractivity contribution in [2.24, 2.45) is 0 Å². The first-order chi connectivity index (χ1) is 10.4. The fourth-order valence-corrected chi connectivity index (χ4v) is 2.85. The number of hydrogen-bond donors (Lipinski definition) is 2. The molecule has 7 heteroatoms. The minimum atomic E-state index is -0.794. The van der Waals surface area contributed by atoms with Gasteiger partial charge < -0.3 is 15.4 Å². The molecule has 0 spiro atoms. The van der Waals surface area contributed by atoms with Gasteiger partial charge in [-0.3, -0.25) is 14.4 Å². The molecule has 0 radical (unpaired) electrons. The maximum absolute atomic E-state index is 14.3. The molecular weight excluding hydrogens is 291 g/mol. The van der Waals surface area contributed by atoms with Crippen LogP contribution in [0.2, 0.25) is 0 Å². The number of anilines is 2. The minimum absolute atomic E-state index is 0.118. The highest BCUT2D eigenvalue weighted by Gasteiger charge is 2.33. The second-order valence-electron chi connectivity index (χ2n) is 5.23. The second kappa shape index (κ2) is 4.66. The third-order valence-electron chi connectivity index (χ3n) is 3.85. The van der Waals surface area contributed by atoms with Crippen LogP contribution in [-0.4, -0.2) is 13.0 Å². The van der Waals surface area contributed by atoms with Gasteiger partial charge in [0, 0.05) is 0 Å². The summed E-state index contributed by atoms with van der Waals surface area (Å²) in [4.78, 5) is 35.0. The molecule has 1 aliphatic rings. The molecule has 0 saturated heterocycles. The Morgan fingerprint density at radius 1 is 1.23 bits per heavy atom. The Kier molecular flexibility index (Phi) is 3.01. The standard InChI is InChI=1S/C15H13FN2O4/c1-5-4-7(16)10(9-8(5)6(2)17-15(9)21)18-11-12(19)13(20)14(11)22-3/h4,6,18H,1-3H3,(H,17,21). The summed E-state index contributed by atoms with van der Waals surface area (Å²) >= 11 is 0. The average Bonchev–Trinajstić information content (AvgIpc) is 2.76. The lowest BCUT2D eigenvalue weighted by Crippen LogP contribution is -2.34. The smallest absolute Gasteiger partial charge is 0.272 e. The van der Waals surface area contributed by atoms with Crippen LogP contribution in [0, 0.1) is 12.7 Å². The largest absolute Gasteiger partial charge is 0.491 e. The van der Waals surface area contributed by atoms with Crippen LogP contribution in [-0.2, 0) is 0 Å². The molecular formula is C15H13FN2O4. The number of nitrogens with one attached hydrogen (secondary N) is 2. The van der Waals surface area contributed by atoms with E-state index in [2.05, 4.69) is 10.6 Å². The minimum Gasteiger partial charge on any atom is -0.491 e. The zero-order valence-electron chi connectivity index (χ0n) is 12.2. The van der Waals surface area contributed by atoms with E-state index in [0.717, 1.165) is 0 Å². The van der Waals surface area contributed by atoms with Crippen LogP contribution in [0.4, 0.5) is 15.8 Å². The summed E-state index contributed by atoms with van der Waals surface area (Å²) in [6.07, 6.45) is 0. The quantitative estimate of drug-likeness (QED) is 0.835. The number of benzene rings is 1. The van der Waals surface area contributed by atoms with Crippen molar-refractivity contribution in [3.05, 3.63) is 49.0 Å². The molecule has 2 aromatic carbocycles. The highest BCUT2D eigenvalue weighted by Crippen LogP contribution is 2.37.